The van der Waals surface area contributed by atoms with E-state index in [4.69, 9.17) is 5.84 Å². The van der Waals surface area contributed by atoms with Crippen molar-refractivity contribution in [2.75, 3.05) is 0 Å². The highest BCUT2D eigenvalue weighted by Crippen LogP contribution is 1.90. The van der Waals surface area contributed by atoms with E-state index in [0.29, 0.717) is 0 Å². The first-order valence-electron chi connectivity index (χ1n) is 2.22. The molecule has 0 amide bonds. The first-order valence-corrected chi connectivity index (χ1v) is 2.22. The van der Waals surface area contributed by atoms with Crippen molar-refractivity contribution in [1.82, 2.24) is 0 Å². The molecule has 0 fully saturated rings. The molecule has 5 heteroatoms. The van der Waals surface area contributed by atoms with Crippen LogP contribution in [0.3, 0.4) is 0 Å². The number of nitrogens with zero attached hydrogens (tertiary/aromatic N) is 2. The van der Waals surface area contributed by atoms with Crippen LogP contribution in [0.25, 0.3) is 0 Å². The van der Waals surface area contributed by atoms with Gasteiger partial charge in [0.2, 0.25) is 0 Å². The molecule has 0 aromatic carbocycles. The highest BCUT2D eigenvalue weighted by molar-refractivity contribution is 6.29. The maximum Gasteiger partial charge on any atom is 0.331 e. The molecule has 0 aliphatic heterocycles. The van der Waals surface area contributed by atoms with Gasteiger partial charge in [-0.15, -0.1) is 0 Å². The fourth-order valence-electron chi connectivity index (χ4n) is 0.198. The van der Waals surface area contributed by atoms with Crippen LogP contribution >= 0.6 is 0 Å². The molecule has 0 heterocycles. The van der Waals surface area contributed by atoms with Crippen LogP contribution < -0.4 is 5.84 Å². The smallest absolute Gasteiger partial charge is 0.323 e. The lowest BCUT2D eigenvalue weighted by molar-refractivity contribution is 0.161. The van der Waals surface area contributed by atoms with Crippen LogP contribution in [0.2, 0.25) is 0 Å². The Bertz CT molecular complexity index is 130. The predicted molar refractivity (Wildman–Crippen MR) is 31.8 cm³/mol. The quantitative estimate of drug-likeness (QED) is 0.256. The number of rotatable bonds is 2. The van der Waals surface area contributed by atoms with Gasteiger partial charge >= 0.3 is 6.55 Å². The van der Waals surface area contributed by atoms with E-state index >= 15 is 0 Å². The fraction of sp³-hybridized carbons (Fsp3) is 0.500. The summed E-state index contributed by atoms with van der Waals surface area (Å²) in [4.78, 5) is 2.73. The monoisotopic (exact) mass is 135 g/mol. The molecule has 0 atom stereocenters. The van der Waals surface area contributed by atoms with E-state index in [0.717, 1.165) is 6.21 Å². The van der Waals surface area contributed by atoms with E-state index in [9.17, 15) is 8.78 Å². The minimum atomic E-state index is -2.68. The lowest BCUT2D eigenvalue weighted by atomic mass is 10.5. The van der Waals surface area contributed by atoms with E-state index in [2.05, 4.69) is 10.1 Å². The van der Waals surface area contributed by atoms with Crippen molar-refractivity contribution in [2.45, 2.75) is 13.5 Å². The minimum Gasteiger partial charge on any atom is -0.323 e. The number of hydrogen-bond acceptors (Lipinski definition) is 3. The highest BCUT2D eigenvalue weighted by atomic mass is 19.3. The summed E-state index contributed by atoms with van der Waals surface area (Å²) in [6.45, 7) is -1.20. The Balaban J connectivity index is 3.71. The average molecular weight is 135 g/mol. The third kappa shape index (κ3) is 4.86. The zero-order valence-corrected chi connectivity index (χ0v) is 4.88. The fourth-order valence-corrected chi connectivity index (χ4v) is 0.198. The molecule has 0 rings (SSSR count). The van der Waals surface area contributed by atoms with E-state index in [1.54, 1.807) is 0 Å². The Morgan fingerprint density at radius 1 is 1.67 bits per heavy atom. The molecule has 0 saturated heterocycles. The van der Waals surface area contributed by atoms with Gasteiger partial charge in [-0.1, -0.05) is 0 Å². The maximum absolute atomic E-state index is 11.2. The lowest BCUT2D eigenvalue weighted by Crippen LogP contribution is -1.98. The molecule has 52 valence electrons. The normalized spacial score (nSPS) is 13.6. The molecule has 0 aliphatic rings. The zero-order chi connectivity index (χ0) is 7.28. The maximum atomic E-state index is 11.2. The van der Waals surface area contributed by atoms with Crippen molar-refractivity contribution in [1.29, 1.82) is 0 Å². The zero-order valence-electron chi connectivity index (χ0n) is 4.88. The van der Waals surface area contributed by atoms with E-state index in [1.807, 2.05) is 0 Å². The van der Waals surface area contributed by atoms with Gasteiger partial charge in [-0.05, 0) is 6.92 Å². The van der Waals surface area contributed by atoms with Crippen molar-refractivity contribution in [3.05, 3.63) is 0 Å². The van der Waals surface area contributed by atoms with Crippen molar-refractivity contribution in [3.8, 4) is 0 Å². The van der Waals surface area contributed by atoms with Gasteiger partial charge in [0.05, 0.1) is 11.9 Å². The molecule has 2 N–H and O–H groups in total. The minimum absolute atomic E-state index is 0.273. The summed E-state index contributed by atoms with van der Waals surface area (Å²) in [5, 5.41) is 3.09. The molecule has 0 aromatic heterocycles. The number of aliphatic imine (C=N–C) groups is 1. The summed E-state index contributed by atoms with van der Waals surface area (Å²) in [5.74, 6) is 4.71. The van der Waals surface area contributed by atoms with Gasteiger partial charge in [0, 0.05) is 0 Å². The second-order valence-electron chi connectivity index (χ2n) is 1.33. The van der Waals surface area contributed by atoms with E-state index < -0.39 is 6.55 Å². The molecular weight excluding hydrogens is 128 g/mol. The molecule has 0 radical (unpaired) electrons. The SMILES string of the molecule is CC(C=NC(F)F)=NN. The van der Waals surface area contributed by atoms with Crippen LogP contribution in [0, 0.1) is 0 Å². The molecule has 0 aliphatic carbocycles. The molecule has 3 nitrogen and oxygen atoms in total. The van der Waals surface area contributed by atoms with Crippen molar-refractivity contribution in [2.24, 2.45) is 15.9 Å². The lowest BCUT2D eigenvalue weighted by Gasteiger charge is -1.86. The van der Waals surface area contributed by atoms with Gasteiger partial charge < -0.3 is 5.84 Å². The van der Waals surface area contributed by atoms with Crippen molar-refractivity contribution in [3.63, 3.8) is 0 Å². The van der Waals surface area contributed by atoms with Crippen LogP contribution in [0.15, 0.2) is 10.1 Å². The van der Waals surface area contributed by atoms with Crippen LogP contribution in [-0.2, 0) is 0 Å². The number of alkyl halides is 2. The Labute approximate surface area is 51.3 Å². The van der Waals surface area contributed by atoms with Gasteiger partial charge in [-0.2, -0.15) is 13.9 Å². The van der Waals surface area contributed by atoms with Gasteiger partial charge in [0.15, 0.2) is 0 Å². The van der Waals surface area contributed by atoms with Crippen LogP contribution in [0.5, 0.6) is 0 Å². The summed E-state index contributed by atoms with van der Waals surface area (Å²) in [6.07, 6.45) is 0.921. The second-order valence-corrected chi connectivity index (χ2v) is 1.33. The van der Waals surface area contributed by atoms with Gasteiger partial charge in [-0.25, -0.2) is 4.99 Å². The number of nitrogens with two attached hydrogens (primary N) is 1. The average Bonchev–Trinajstić information content (AvgIpc) is 1.83. The third-order valence-electron chi connectivity index (χ3n) is 0.578. The number of halogens is 2. The topological polar surface area (TPSA) is 50.7 Å². The molecule has 9 heavy (non-hydrogen) atoms. The Morgan fingerprint density at radius 3 is 2.56 bits per heavy atom. The first-order chi connectivity index (χ1) is 4.16. The Morgan fingerprint density at radius 2 is 2.22 bits per heavy atom. The standard InChI is InChI=1S/C4H7F2N3/c1-3(9-7)2-8-4(5)6/h2,4H,7H2,1H3. The molecule has 0 aromatic rings. The van der Waals surface area contributed by atoms with Crippen molar-refractivity contribution < 1.29 is 8.78 Å². The van der Waals surface area contributed by atoms with Gasteiger partial charge in [0.25, 0.3) is 0 Å². The summed E-state index contributed by atoms with van der Waals surface area (Å²) in [5.41, 5.74) is 0.273. The van der Waals surface area contributed by atoms with Crippen LogP contribution in [-0.4, -0.2) is 18.5 Å². The molecule has 0 saturated carbocycles. The summed E-state index contributed by atoms with van der Waals surface area (Å²) >= 11 is 0. The highest BCUT2D eigenvalue weighted by Gasteiger charge is 1.92. The Kier molecular flexibility index (Phi) is 3.50. The molecule has 0 spiro atoms. The van der Waals surface area contributed by atoms with Crippen LogP contribution in [0.4, 0.5) is 8.78 Å². The number of hydrazone groups is 1. The first kappa shape index (κ1) is 8.00. The molecular formula is C4H7F2N3. The molecule has 0 bridgehead atoms. The predicted octanol–water partition coefficient (Wildman–Crippen LogP) is 0.614. The summed E-state index contributed by atoms with van der Waals surface area (Å²) in [7, 11) is 0. The summed E-state index contributed by atoms with van der Waals surface area (Å²) < 4.78 is 22.5. The second kappa shape index (κ2) is 3.94. The largest absolute Gasteiger partial charge is 0.331 e. The van der Waals surface area contributed by atoms with Gasteiger partial charge in [-0.3, -0.25) is 0 Å². The molecule has 0 unspecified atom stereocenters. The number of hydrogen-bond donors (Lipinski definition) is 1. The van der Waals surface area contributed by atoms with Crippen LogP contribution in [0.1, 0.15) is 6.92 Å². The van der Waals surface area contributed by atoms with E-state index in [-0.39, 0.29) is 5.71 Å². The van der Waals surface area contributed by atoms with E-state index in [1.165, 1.54) is 6.92 Å². The Hall–Kier alpha value is -1.00. The van der Waals surface area contributed by atoms with Crippen molar-refractivity contribution >= 4 is 11.9 Å². The summed E-state index contributed by atoms with van der Waals surface area (Å²) in [6, 6.07) is 0. The van der Waals surface area contributed by atoms with Gasteiger partial charge in [0.1, 0.15) is 0 Å². The third-order valence-corrected chi connectivity index (χ3v) is 0.578.